The van der Waals surface area contributed by atoms with Crippen LogP contribution in [0.15, 0.2) is 0 Å². The molecule has 4 nitrogen and oxygen atoms in total. The predicted octanol–water partition coefficient (Wildman–Crippen LogP) is -0.791. The number of nitrogens with one attached hydrogen (secondary N) is 1. The van der Waals surface area contributed by atoms with Gasteiger partial charge in [0.05, 0.1) is 0 Å². The molecule has 0 saturated carbocycles. The first-order valence-electron chi connectivity index (χ1n) is 3.45. The molecule has 1 atom stereocenters. The molecule has 1 N–H and O–H groups in total. The SMILES string of the molecule is [2H]C(=O)N(C)C(C)C(=O)NC. The summed E-state index contributed by atoms with van der Waals surface area (Å²) in [6.07, 6.45) is -0.860. The highest BCUT2D eigenvalue weighted by molar-refractivity contribution is 5.82. The van der Waals surface area contributed by atoms with Gasteiger partial charge in [-0.05, 0) is 6.92 Å². The molecule has 0 aliphatic carbocycles. The van der Waals surface area contributed by atoms with Crippen molar-refractivity contribution in [3.8, 4) is 0 Å². The smallest absolute Gasteiger partial charge is 0.242 e. The molecule has 0 aromatic carbocycles. The van der Waals surface area contributed by atoms with Gasteiger partial charge >= 0.3 is 0 Å². The summed E-state index contributed by atoms with van der Waals surface area (Å²) in [4.78, 5) is 22.3. The Kier molecular flexibility index (Phi) is 2.73. The quantitative estimate of drug-likeness (QED) is 0.518. The number of hydrogen-bond donors (Lipinski definition) is 1. The molecular formula is C6H12N2O2. The summed E-state index contributed by atoms with van der Waals surface area (Å²) in [6.45, 7) is 1.56. The van der Waals surface area contributed by atoms with E-state index >= 15 is 0 Å². The molecule has 2 amide bonds. The van der Waals surface area contributed by atoms with E-state index in [0.717, 1.165) is 4.90 Å². The van der Waals surface area contributed by atoms with Gasteiger partial charge in [0.1, 0.15) is 7.41 Å². The predicted molar refractivity (Wildman–Crippen MR) is 37.4 cm³/mol. The van der Waals surface area contributed by atoms with Gasteiger partial charge in [-0.25, -0.2) is 0 Å². The average molecular weight is 145 g/mol. The lowest BCUT2D eigenvalue weighted by molar-refractivity contribution is -0.130. The van der Waals surface area contributed by atoms with Crippen LogP contribution < -0.4 is 5.32 Å². The van der Waals surface area contributed by atoms with Gasteiger partial charge in [-0.15, -0.1) is 0 Å². The van der Waals surface area contributed by atoms with Crippen molar-refractivity contribution < 1.29 is 11.0 Å². The zero-order chi connectivity index (χ0) is 9.02. The van der Waals surface area contributed by atoms with E-state index in [4.69, 9.17) is 1.37 Å². The summed E-state index contributed by atoms with van der Waals surface area (Å²) < 4.78 is 6.69. The summed E-state index contributed by atoms with van der Waals surface area (Å²) in [5.41, 5.74) is 0. The molecule has 0 rings (SSSR count). The summed E-state index contributed by atoms with van der Waals surface area (Å²) in [5, 5.41) is 2.38. The molecule has 4 heteroatoms. The number of carbonyl (C=O) groups excluding carboxylic acids is 2. The number of likely N-dealkylation sites (N-methyl/N-ethyl adjacent to an activating group) is 2. The van der Waals surface area contributed by atoms with Crippen molar-refractivity contribution in [1.29, 1.82) is 0 Å². The highest BCUT2D eigenvalue weighted by atomic mass is 16.2. The monoisotopic (exact) mass is 145 g/mol. The molecule has 0 aromatic rings. The Morgan fingerprint density at radius 3 is 2.70 bits per heavy atom. The molecule has 0 aromatic heterocycles. The minimum absolute atomic E-state index is 0.270. The topological polar surface area (TPSA) is 49.4 Å². The van der Waals surface area contributed by atoms with Crippen molar-refractivity contribution in [2.24, 2.45) is 0 Å². The first-order chi connectivity index (χ1) is 5.00. The van der Waals surface area contributed by atoms with Gasteiger partial charge in [0.25, 0.3) is 0 Å². The van der Waals surface area contributed by atoms with Crippen LogP contribution in [0.1, 0.15) is 8.29 Å². The van der Waals surface area contributed by atoms with Crippen LogP contribution in [0.4, 0.5) is 0 Å². The van der Waals surface area contributed by atoms with Gasteiger partial charge < -0.3 is 10.2 Å². The van der Waals surface area contributed by atoms with E-state index in [-0.39, 0.29) is 5.91 Å². The van der Waals surface area contributed by atoms with Gasteiger partial charge in [0.15, 0.2) is 0 Å². The molecule has 58 valence electrons. The average Bonchev–Trinajstić information content (AvgIpc) is 2.00. The minimum atomic E-state index is -0.860. The standard InChI is InChI=1S/C6H12N2O2/c1-5(6(10)7-2)8(3)4-9/h4-5H,1-3H3,(H,7,10)/i4D. The summed E-state index contributed by atoms with van der Waals surface area (Å²) >= 11 is 0. The summed E-state index contributed by atoms with van der Waals surface area (Å²) in [5.74, 6) is -0.270. The molecule has 1 unspecified atom stereocenters. The molecule has 0 aliphatic rings. The number of rotatable bonds is 2. The molecular weight excluding hydrogens is 132 g/mol. The maximum atomic E-state index is 10.9. The fraction of sp³-hybridized carbons (Fsp3) is 0.667. The lowest BCUT2D eigenvalue weighted by Crippen LogP contribution is -2.41. The molecule has 0 saturated heterocycles. The lowest BCUT2D eigenvalue weighted by atomic mass is 10.3. The summed E-state index contributed by atoms with van der Waals surface area (Å²) in [7, 11) is 2.90. The minimum Gasteiger partial charge on any atom is -0.357 e. The fourth-order valence-corrected chi connectivity index (χ4v) is 0.464. The first kappa shape index (κ1) is 7.05. The third-order valence-electron chi connectivity index (χ3n) is 1.35. The molecule has 0 fully saturated rings. The first-order valence-corrected chi connectivity index (χ1v) is 2.95. The number of amides is 2. The van der Waals surface area contributed by atoms with Crippen LogP contribution in [0.25, 0.3) is 0 Å². The highest BCUT2D eigenvalue weighted by Crippen LogP contribution is 1.89. The van der Waals surface area contributed by atoms with Crippen LogP contribution in [0.5, 0.6) is 0 Å². The highest BCUT2D eigenvalue weighted by Gasteiger charge is 2.13. The Labute approximate surface area is 61.6 Å². The van der Waals surface area contributed by atoms with Gasteiger partial charge in [-0.1, -0.05) is 0 Å². The molecule has 10 heavy (non-hydrogen) atoms. The van der Waals surface area contributed by atoms with Crippen molar-refractivity contribution >= 4 is 12.3 Å². The molecule has 0 heterocycles. The van der Waals surface area contributed by atoms with E-state index in [9.17, 15) is 9.59 Å². The summed E-state index contributed by atoms with van der Waals surface area (Å²) in [6, 6.07) is -0.579. The van der Waals surface area contributed by atoms with E-state index in [1.54, 1.807) is 6.92 Å². The molecule has 0 bridgehead atoms. The number of carbonyl (C=O) groups is 2. The van der Waals surface area contributed by atoms with Gasteiger partial charge in [0.2, 0.25) is 12.3 Å². The Hall–Kier alpha value is -1.06. The molecule has 0 spiro atoms. The lowest BCUT2D eigenvalue weighted by Gasteiger charge is -2.17. The van der Waals surface area contributed by atoms with Gasteiger partial charge in [0, 0.05) is 14.1 Å². The Bertz CT molecular complexity index is 172. The van der Waals surface area contributed by atoms with E-state index in [1.807, 2.05) is 0 Å². The largest absolute Gasteiger partial charge is 0.357 e. The fourth-order valence-electron chi connectivity index (χ4n) is 0.464. The third kappa shape index (κ3) is 2.05. The maximum Gasteiger partial charge on any atom is 0.242 e. The second-order valence-electron chi connectivity index (χ2n) is 1.99. The van der Waals surface area contributed by atoms with Crippen molar-refractivity contribution in [1.82, 2.24) is 10.2 Å². The third-order valence-corrected chi connectivity index (χ3v) is 1.35. The van der Waals surface area contributed by atoms with E-state index in [1.165, 1.54) is 14.1 Å². The normalized spacial score (nSPS) is 13.3. The van der Waals surface area contributed by atoms with Gasteiger partial charge in [-0.2, -0.15) is 0 Å². The van der Waals surface area contributed by atoms with E-state index in [0.29, 0.717) is 0 Å². The van der Waals surface area contributed by atoms with Crippen LogP contribution in [-0.4, -0.2) is 37.3 Å². The zero-order valence-electron chi connectivity index (χ0n) is 7.34. The number of hydrogen-bond acceptors (Lipinski definition) is 2. The van der Waals surface area contributed by atoms with Gasteiger partial charge in [-0.3, -0.25) is 9.59 Å². The Morgan fingerprint density at radius 2 is 2.40 bits per heavy atom. The Morgan fingerprint density at radius 1 is 1.90 bits per heavy atom. The molecule has 0 radical (unpaired) electrons. The van der Waals surface area contributed by atoms with E-state index in [2.05, 4.69) is 5.32 Å². The van der Waals surface area contributed by atoms with Crippen molar-refractivity contribution in [2.75, 3.05) is 14.1 Å². The van der Waals surface area contributed by atoms with Crippen molar-refractivity contribution in [3.05, 3.63) is 0 Å². The number of nitrogens with zero attached hydrogens (tertiary/aromatic N) is 1. The molecule has 0 aliphatic heterocycles. The maximum absolute atomic E-state index is 10.9. The van der Waals surface area contributed by atoms with Crippen molar-refractivity contribution in [2.45, 2.75) is 13.0 Å². The van der Waals surface area contributed by atoms with Crippen LogP contribution in [0.3, 0.4) is 0 Å². The second kappa shape index (κ2) is 3.87. The van der Waals surface area contributed by atoms with Crippen LogP contribution >= 0.6 is 0 Å². The van der Waals surface area contributed by atoms with Crippen LogP contribution in [0, 0.1) is 0 Å². The van der Waals surface area contributed by atoms with Crippen molar-refractivity contribution in [3.63, 3.8) is 0 Å². The zero-order valence-corrected chi connectivity index (χ0v) is 6.34. The van der Waals surface area contributed by atoms with Crippen LogP contribution in [-0.2, 0) is 9.59 Å². The Balaban J connectivity index is 4.12. The van der Waals surface area contributed by atoms with Crippen LogP contribution in [0.2, 0.25) is 0 Å². The van der Waals surface area contributed by atoms with E-state index < -0.39 is 12.4 Å². The second-order valence-corrected chi connectivity index (χ2v) is 1.99.